The van der Waals surface area contributed by atoms with Gasteiger partial charge in [0.25, 0.3) is 5.91 Å². The summed E-state index contributed by atoms with van der Waals surface area (Å²) in [4.78, 5) is 37.8. The summed E-state index contributed by atoms with van der Waals surface area (Å²) in [5.41, 5.74) is 1.25. The summed E-state index contributed by atoms with van der Waals surface area (Å²) in [6, 6.07) is 8.52. The van der Waals surface area contributed by atoms with Crippen molar-refractivity contribution in [2.45, 2.75) is 26.5 Å². The number of ether oxygens (including phenoxy) is 1. The molecule has 0 bridgehead atoms. The lowest BCUT2D eigenvalue weighted by molar-refractivity contribution is -0.129. The Kier molecular flexibility index (Phi) is 5.76. The van der Waals surface area contributed by atoms with Gasteiger partial charge in [0.1, 0.15) is 5.69 Å². The minimum absolute atomic E-state index is 0.117. The van der Waals surface area contributed by atoms with Crippen molar-refractivity contribution < 1.29 is 19.1 Å². The van der Waals surface area contributed by atoms with E-state index in [1.807, 2.05) is 6.07 Å². The van der Waals surface area contributed by atoms with Crippen LogP contribution in [0.2, 0.25) is 5.02 Å². The first-order valence-corrected chi connectivity index (χ1v) is 7.67. The summed E-state index contributed by atoms with van der Waals surface area (Å²) in [6.45, 7) is 3.09. The average molecular weight is 349 g/mol. The third-order valence-corrected chi connectivity index (χ3v) is 3.74. The molecule has 0 aliphatic carbocycles. The van der Waals surface area contributed by atoms with E-state index in [0.717, 1.165) is 5.56 Å². The first-order valence-electron chi connectivity index (χ1n) is 7.30. The molecule has 6 nitrogen and oxygen atoms in total. The van der Waals surface area contributed by atoms with Crippen molar-refractivity contribution in [3.05, 3.63) is 58.4 Å². The number of nitrogens with one attached hydrogen (secondary N) is 2. The van der Waals surface area contributed by atoms with Crippen molar-refractivity contribution in [3.63, 3.8) is 0 Å². The molecule has 24 heavy (non-hydrogen) atoms. The molecule has 0 unspecified atom stereocenters. The summed E-state index contributed by atoms with van der Waals surface area (Å²) in [5, 5.41) is 3.20. The lowest BCUT2D eigenvalue weighted by Crippen LogP contribution is -2.35. The van der Waals surface area contributed by atoms with E-state index in [1.54, 1.807) is 18.2 Å². The quantitative estimate of drug-likeness (QED) is 0.620. The van der Waals surface area contributed by atoms with Crippen molar-refractivity contribution in [1.82, 2.24) is 10.3 Å². The van der Waals surface area contributed by atoms with Gasteiger partial charge in [0.2, 0.25) is 0 Å². The van der Waals surface area contributed by atoms with Gasteiger partial charge in [-0.3, -0.25) is 9.59 Å². The molecule has 126 valence electrons. The first kappa shape index (κ1) is 17.7. The summed E-state index contributed by atoms with van der Waals surface area (Å²) in [5.74, 6) is -1.32. The SMILES string of the molecule is CC(=O)c1c[nH]c(C(=O)O[C@H](C)C(=O)NCc2ccccc2Cl)c1. The number of H-pyrrole nitrogens is 1. The van der Waals surface area contributed by atoms with Crippen molar-refractivity contribution in [1.29, 1.82) is 0 Å². The Hall–Kier alpha value is -2.60. The van der Waals surface area contributed by atoms with Crippen LogP contribution in [0, 0.1) is 0 Å². The van der Waals surface area contributed by atoms with Crippen LogP contribution in [0.5, 0.6) is 0 Å². The molecule has 2 rings (SSSR count). The fourth-order valence-electron chi connectivity index (χ4n) is 1.96. The molecule has 7 heteroatoms. The lowest BCUT2D eigenvalue weighted by Gasteiger charge is -2.13. The van der Waals surface area contributed by atoms with E-state index in [9.17, 15) is 14.4 Å². The predicted octanol–water partition coefficient (Wildman–Crippen LogP) is 2.73. The van der Waals surface area contributed by atoms with Gasteiger partial charge in [-0.25, -0.2) is 4.79 Å². The van der Waals surface area contributed by atoms with E-state index in [1.165, 1.54) is 26.1 Å². The third-order valence-electron chi connectivity index (χ3n) is 3.37. The molecule has 0 spiro atoms. The molecular formula is C17H17ClN2O4. The normalized spacial score (nSPS) is 11.6. The summed E-state index contributed by atoms with van der Waals surface area (Å²) < 4.78 is 5.08. The molecule has 0 saturated carbocycles. The smallest absolute Gasteiger partial charge is 0.355 e. The van der Waals surface area contributed by atoms with Crippen LogP contribution in [-0.4, -0.2) is 28.7 Å². The van der Waals surface area contributed by atoms with Crippen molar-refractivity contribution in [2.75, 3.05) is 0 Å². The molecule has 0 fully saturated rings. The van der Waals surface area contributed by atoms with Gasteiger partial charge >= 0.3 is 5.97 Å². The Labute approximate surface area is 144 Å². The number of aromatic amines is 1. The number of aromatic nitrogens is 1. The van der Waals surface area contributed by atoms with Gasteiger partial charge < -0.3 is 15.0 Å². The number of carbonyl (C=O) groups excluding carboxylic acids is 3. The van der Waals surface area contributed by atoms with Crippen molar-refractivity contribution >= 4 is 29.3 Å². The molecule has 2 N–H and O–H groups in total. The molecule has 0 aliphatic heterocycles. The summed E-state index contributed by atoms with van der Waals surface area (Å²) >= 11 is 6.01. The molecule has 2 aromatic rings. The first-order chi connectivity index (χ1) is 11.4. The Balaban J connectivity index is 1.89. The van der Waals surface area contributed by atoms with Gasteiger partial charge in [-0.2, -0.15) is 0 Å². The molecule has 0 saturated heterocycles. The highest BCUT2D eigenvalue weighted by Crippen LogP contribution is 2.14. The third kappa shape index (κ3) is 4.45. The number of ketones is 1. The molecule has 1 aromatic heterocycles. The maximum Gasteiger partial charge on any atom is 0.355 e. The lowest BCUT2D eigenvalue weighted by atomic mass is 10.2. The highest BCUT2D eigenvalue weighted by Gasteiger charge is 2.20. The number of halogens is 1. The summed E-state index contributed by atoms with van der Waals surface area (Å²) in [7, 11) is 0. The zero-order chi connectivity index (χ0) is 17.7. The van der Waals surface area contributed by atoms with E-state index < -0.39 is 18.0 Å². The van der Waals surface area contributed by atoms with Crippen LogP contribution in [0.4, 0.5) is 0 Å². The highest BCUT2D eigenvalue weighted by molar-refractivity contribution is 6.31. The van der Waals surface area contributed by atoms with E-state index in [2.05, 4.69) is 10.3 Å². The van der Waals surface area contributed by atoms with Crippen LogP contribution in [0.25, 0.3) is 0 Å². The molecule has 0 aliphatic rings. The maximum atomic E-state index is 12.0. The Morgan fingerprint density at radius 3 is 2.62 bits per heavy atom. The van der Waals surface area contributed by atoms with E-state index in [4.69, 9.17) is 16.3 Å². The number of hydrogen-bond acceptors (Lipinski definition) is 4. The molecular weight excluding hydrogens is 332 g/mol. The van der Waals surface area contributed by atoms with Gasteiger partial charge in [0, 0.05) is 23.3 Å². The number of carbonyl (C=O) groups is 3. The van der Waals surface area contributed by atoms with Crippen LogP contribution in [0.3, 0.4) is 0 Å². The van der Waals surface area contributed by atoms with Crippen molar-refractivity contribution in [2.24, 2.45) is 0 Å². The van der Waals surface area contributed by atoms with Crippen LogP contribution in [0.15, 0.2) is 36.5 Å². The Morgan fingerprint density at radius 1 is 1.29 bits per heavy atom. The van der Waals surface area contributed by atoms with Crippen LogP contribution < -0.4 is 5.32 Å². The molecule has 0 radical (unpaired) electrons. The maximum absolute atomic E-state index is 12.0. The fraction of sp³-hybridized carbons (Fsp3) is 0.235. The largest absolute Gasteiger partial charge is 0.448 e. The van der Waals surface area contributed by atoms with Gasteiger partial charge in [-0.15, -0.1) is 0 Å². The number of rotatable bonds is 6. The minimum Gasteiger partial charge on any atom is -0.448 e. The standard InChI is InChI=1S/C17H17ClN2O4/c1-10(21)13-7-15(19-9-13)17(23)24-11(2)16(22)20-8-12-5-3-4-6-14(12)18/h3-7,9,11,19H,8H2,1-2H3,(H,20,22)/t11-/m1/s1. The predicted molar refractivity (Wildman–Crippen MR) is 89.0 cm³/mol. The second kappa shape index (κ2) is 7.79. The van der Waals surface area contributed by atoms with Gasteiger partial charge in [-0.05, 0) is 31.5 Å². The second-order valence-corrected chi connectivity index (χ2v) is 5.62. The molecule has 1 amide bonds. The zero-order valence-corrected chi connectivity index (χ0v) is 14.0. The zero-order valence-electron chi connectivity index (χ0n) is 13.3. The van der Waals surface area contributed by atoms with Crippen LogP contribution in [0.1, 0.15) is 40.3 Å². The van der Waals surface area contributed by atoms with Crippen molar-refractivity contribution in [3.8, 4) is 0 Å². The second-order valence-electron chi connectivity index (χ2n) is 5.21. The van der Waals surface area contributed by atoms with Crippen LogP contribution >= 0.6 is 11.6 Å². The Bertz CT molecular complexity index is 769. The fourth-order valence-corrected chi connectivity index (χ4v) is 2.16. The number of Topliss-reactive ketones (excluding diaryl/α,β-unsaturated/α-hetero) is 1. The monoisotopic (exact) mass is 348 g/mol. The van der Waals surface area contributed by atoms with E-state index in [0.29, 0.717) is 10.6 Å². The number of amides is 1. The topological polar surface area (TPSA) is 88.3 Å². The van der Waals surface area contributed by atoms with Gasteiger partial charge in [0.15, 0.2) is 11.9 Å². The average Bonchev–Trinajstić information content (AvgIpc) is 3.04. The van der Waals surface area contributed by atoms with Crippen LogP contribution in [-0.2, 0) is 16.1 Å². The number of hydrogen-bond donors (Lipinski definition) is 2. The van der Waals surface area contributed by atoms with E-state index >= 15 is 0 Å². The molecule has 1 aromatic carbocycles. The number of esters is 1. The van der Waals surface area contributed by atoms with Gasteiger partial charge in [0.05, 0.1) is 0 Å². The molecule has 1 atom stereocenters. The highest BCUT2D eigenvalue weighted by atomic mass is 35.5. The van der Waals surface area contributed by atoms with Gasteiger partial charge in [-0.1, -0.05) is 29.8 Å². The minimum atomic E-state index is -0.982. The summed E-state index contributed by atoms with van der Waals surface area (Å²) in [6.07, 6.45) is 0.435. The Morgan fingerprint density at radius 2 is 2.00 bits per heavy atom. The van der Waals surface area contributed by atoms with E-state index in [-0.39, 0.29) is 18.0 Å². The molecule has 1 heterocycles. The number of benzene rings is 1.